The summed E-state index contributed by atoms with van der Waals surface area (Å²) in [6, 6.07) is 17.4. The molecule has 1 heterocycles. The van der Waals surface area contributed by atoms with Gasteiger partial charge < -0.3 is 10.3 Å². The fraction of sp³-hybridized carbons (Fsp3) is 0.167. The average Bonchev–Trinajstić information content (AvgIpc) is 2.52. The summed E-state index contributed by atoms with van der Waals surface area (Å²) in [7, 11) is -0.867. The Labute approximate surface area is 137 Å². The summed E-state index contributed by atoms with van der Waals surface area (Å²) in [5.41, 5.74) is 3.38. The summed E-state index contributed by atoms with van der Waals surface area (Å²) in [4.78, 5) is 15.0. The summed E-state index contributed by atoms with van der Waals surface area (Å²) in [6.45, 7) is 0.443. The van der Waals surface area contributed by atoms with Crippen LogP contribution in [-0.2, 0) is 23.1 Å². The molecule has 0 aliphatic rings. The van der Waals surface area contributed by atoms with Crippen molar-refractivity contribution >= 4 is 27.4 Å². The van der Waals surface area contributed by atoms with Crippen molar-refractivity contribution in [3.05, 3.63) is 76.1 Å². The number of benzene rings is 2. The predicted molar refractivity (Wildman–Crippen MR) is 96.1 cm³/mol. The lowest BCUT2D eigenvalue weighted by Crippen LogP contribution is -2.15. The molecule has 3 rings (SSSR count). The van der Waals surface area contributed by atoms with Crippen LogP contribution >= 0.6 is 0 Å². The number of nitrogens with one attached hydrogen (secondary N) is 2. The monoisotopic (exact) mass is 326 g/mol. The molecule has 0 radical (unpaired) electrons. The molecule has 0 saturated carbocycles. The van der Waals surface area contributed by atoms with E-state index in [1.54, 1.807) is 6.26 Å². The molecule has 3 aromatic rings. The maximum absolute atomic E-state index is 12.1. The fourth-order valence-electron chi connectivity index (χ4n) is 2.53. The Hall–Kier alpha value is -2.40. The van der Waals surface area contributed by atoms with Crippen molar-refractivity contribution in [2.75, 3.05) is 11.6 Å². The van der Waals surface area contributed by atoms with Gasteiger partial charge in [0.1, 0.15) is 0 Å². The molecule has 0 spiro atoms. The van der Waals surface area contributed by atoms with Gasteiger partial charge in [-0.25, -0.2) is 0 Å². The van der Waals surface area contributed by atoms with Gasteiger partial charge in [0, 0.05) is 46.1 Å². The third kappa shape index (κ3) is 3.87. The van der Waals surface area contributed by atoms with Gasteiger partial charge in [0.2, 0.25) is 0 Å². The molecule has 0 aliphatic carbocycles. The van der Waals surface area contributed by atoms with Gasteiger partial charge in [0.15, 0.2) is 0 Å². The predicted octanol–water partition coefficient (Wildman–Crippen LogP) is 3.02. The van der Waals surface area contributed by atoms with Crippen molar-refractivity contribution in [3.63, 3.8) is 0 Å². The maximum atomic E-state index is 12.1. The minimum Gasteiger partial charge on any atom is -0.381 e. The van der Waals surface area contributed by atoms with Gasteiger partial charge in [0.25, 0.3) is 5.56 Å². The van der Waals surface area contributed by atoms with Crippen molar-refractivity contribution in [3.8, 4) is 0 Å². The first-order chi connectivity index (χ1) is 11.1. The van der Waals surface area contributed by atoms with Gasteiger partial charge in [-0.1, -0.05) is 30.3 Å². The molecular formula is C18H18N2O2S. The van der Waals surface area contributed by atoms with Gasteiger partial charge in [-0.3, -0.25) is 9.00 Å². The van der Waals surface area contributed by atoms with E-state index < -0.39 is 10.8 Å². The molecule has 1 aromatic heterocycles. The Morgan fingerprint density at radius 2 is 1.91 bits per heavy atom. The second-order valence-electron chi connectivity index (χ2n) is 5.48. The Balaban J connectivity index is 1.79. The highest BCUT2D eigenvalue weighted by Gasteiger charge is 2.03. The number of hydrogen-bond donors (Lipinski definition) is 2. The highest BCUT2D eigenvalue weighted by Crippen LogP contribution is 2.14. The van der Waals surface area contributed by atoms with Crippen LogP contribution in [0.5, 0.6) is 0 Å². The quantitative estimate of drug-likeness (QED) is 0.757. The van der Waals surface area contributed by atoms with Crippen LogP contribution < -0.4 is 10.9 Å². The number of para-hydroxylation sites is 1. The fourth-order valence-corrected chi connectivity index (χ4v) is 3.18. The van der Waals surface area contributed by atoms with E-state index in [4.69, 9.17) is 0 Å². The molecule has 0 amide bonds. The summed E-state index contributed by atoms with van der Waals surface area (Å²) >= 11 is 0. The van der Waals surface area contributed by atoms with E-state index in [2.05, 4.69) is 10.3 Å². The summed E-state index contributed by atoms with van der Waals surface area (Å²) < 4.78 is 11.3. The molecule has 2 N–H and O–H groups in total. The zero-order valence-electron chi connectivity index (χ0n) is 12.8. The van der Waals surface area contributed by atoms with Crippen molar-refractivity contribution in [2.45, 2.75) is 12.3 Å². The first-order valence-electron chi connectivity index (χ1n) is 7.35. The molecule has 1 unspecified atom stereocenters. The van der Waals surface area contributed by atoms with Crippen LogP contribution in [0.25, 0.3) is 10.9 Å². The van der Waals surface area contributed by atoms with Crippen LogP contribution in [0.4, 0.5) is 5.69 Å². The van der Waals surface area contributed by atoms with E-state index in [1.165, 1.54) is 0 Å². The maximum Gasteiger partial charge on any atom is 0.253 e. The Kier molecular flexibility index (Phi) is 4.57. The third-order valence-corrected chi connectivity index (χ3v) is 4.35. The minimum absolute atomic E-state index is 0.0815. The number of anilines is 1. The first kappa shape index (κ1) is 15.5. The lowest BCUT2D eigenvalue weighted by Gasteiger charge is -2.08. The van der Waals surface area contributed by atoms with E-state index in [0.717, 1.165) is 22.2 Å². The van der Waals surface area contributed by atoms with Gasteiger partial charge in [-0.15, -0.1) is 0 Å². The third-order valence-electron chi connectivity index (χ3n) is 3.61. The highest BCUT2D eigenvalue weighted by molar-refractivity contribution is 7.83. The molecule has 23 heavy (non-hydrogen) atoms. The van der Waals surface area contributed by atoms with Crippen LogP contribution in [0, 0.1) is 0 Å². The highest BCUT2D eigenvalue weighted by atomic mass is 32.2. The number of H-pyrrole nitrogens is 1. The standard InChI is InChI=1S/C18H18N2O2S/c1-23(22)12-13-5-4-7-16(9-13)19-11-15-10-14-6-2-3-8-17(14)20-18(15)21/h2-10,19H,11-12H2,1H3,(H,20,21). The number of aromatic nitrogens is 1. The minimum atomic E-state index is -0.867. The Bertz CT molecular complexity index is 918. The van der Waals surface area contributed by atoms with Gasteiger partial charge >= 0.3 is 0 Å². The molecule has 5 heteroatoms. The molecule has 0 aliphatic heterocycles. The van der Waals surface area contributed by atoms with E-state index in [0.29, 0.717) is 17.9 Å². The van der Waals surface area contributed by atoms with Gasteiger partial charge in [-0.05, 0) is 35.2 Å². The van der Waals surface area contributed by atoms with Crippen LogP contribution in [-0.4, -0.2) is 15.4 Å². The zero-order valence-corrected chi connectivity index (χ0v) is 13.7. The van der Waals surface area contributed by atoms with Gasteiger partial charge in [0.05, 0.1) is 0 Å². The largest absolute Gasteiger partial charge is 0.381 e. The molecule has 4 nitrogen and oxygen atoms in total. The molecule has 0 fully saturated rings. The van der Waals surface area contributed by atoms with E-state index in [1.807, 2.05) is 54.6 Å². The molecule has 1 atom stereocenters. The Morgan fingerprint density at radius 1 is 1.09 bits per heavy atom. The number of aromatic amines is 1. The topological polar surface area (TPSA) is 62.0 Å². The smallest absolute Gasteiger partial charge is 0.253 e. The first-order valence-corrected chi connectivity index (χ1v) is 9.08. The van der Waals surface area contributed by atoms with Crippen molar-refractivity contribution < 1.29 is 4.21 Å². The Morgan fingerprint density at radius 3 is 2.74 bits per heavy atom. The van der Waals surface area contributed by atoms with Crippen molar-refractivity contribution in [2.24, 2.45) is 0 Å². The number of hydrogen-bond acceptors (Lipinski definition) is 3. The van der Waals surface area contributed by atoms with E-state index in [-0.39, 0.29) is 5.56 Å². The zero-order chi connectivity index (χ0) is 16.2. The number of fused-ring (bicyclic) bond motifs is 1. The van der Waals surface area contributed by atoms with E-state index >= 15 is 0 Å². The lowest BCUT2D eigenvalue weighted by atomic mass is 10.1. The van der Waals surface area contributed by atoms with E-state index in [9.17, 15) is 9.00 Å². The SMILES string of the molecule is CS(=O)Cc1cccc(NCc2cc3ccccc3[nH]c2=O)c1. The number of pyridine rings is 1. The molecule has 118 valence electrons. The van der Waals surface area contributed by atoms with Gasteiger partial charge in [-0.2, -0.15) is 0 Å². The van der Waals surface area contributed by atoms with Crippen LogP contribution in [0.15, 0.2) is 59.4 Å². The van der Waals surface area contributed by atoms with Crippen molar-refractivity contribution in [1.29, 1.82) is 0 Å². The van der Waals surface area contributed by atoms with Crippen LogP contribution in [0.3, 0.4) is 0 Å². The second-order valence-corrected chi connectivity index (χ2v) is 6.92. The number of rotatable bonds is 5. The summed E-state index contributed by atoms with van der Waals surface area (Å²) in [6.07, 6.45) is 1.69. The summed E-state index contributed by atoms with van der Waals surface area (Å²) in [5.74, 6) is 0.534. The molecule has 0 bridgehead atoms. The lowest BCUT2D eigenvalue weighted by molar-refractivity contribution is 0.686. The summed E-state index contributed by atoms with van der Waals surface area (Å²) in [5, 5.41) is 4.27. The average molecular weight is 326 g/mol. The molecule has 2 aromatic carbocycles. The molecule has 0 saturated heterocycles. The second kappa shape index (κ2) is 6.79. The van der Waals surface area contributed by atoms with Crippen LogP contribution in [0.1, 0.15) is 11.1 Å². The molecular weight excluding hydrogens is 308 g/mol. The normalized spacial score (nSPS) is 12.2. The van der Waals surface area contributed by atoms with Crippen molar-refractivity contribution in [1.82, 2.24) is 4.98 Å². The van der Waals surface area contributed by atoms with Crippen LogP contribution in [0.2, 0.25) is 0 Å².